The maximum absolute atomic E-state index is 13.5. The van der Waals surface area contributed by atoms with Crippen molar-refractivity contribution in [2.24, 2.45) is 5.92 Å². The lowest BCUT2D eigenvalue weighted by Gasteiger charge is -2.33. The second kappa shape index (κ2) is 11.4. The summed E-state index contributed by atoms with van der Waals surface area (Å²) >= 11 is 0. The first-order valence-corrected chi connectivity index (χ1v) is 13.1. The van der Waals surface area contributed by atoms with E-state index in [0.29, 0.717) is 25.2 Å². The van der Waals surface area contributed by atoms with Crippen molar-refractivity contribution in [1.29, 1.82) is 0 Å². The second-order valence-electron chi connectivity index (χ2n) is 10.0. The quantitative estimate of drug-likeness (QED) is 0.510. The fraction of sp³-hybridized carbons (Fsp3) is 0.667. The molecule has 1 saturated carbocycles. The number of likely N-dealkylation sites (tertiary alicyclic amines) is 1. The Morgan fingerprint density at radius 2 is 1.86 bits per heavy atom. The van der Waals surface area contributed by atoms with Gasteiger partial charge in [-0.3, -0.25) is 14.9 Å². The Morgan fingerprint density at radius 3 is 2.49 bits per heavy atom. The summed E-state index contributed by atoms with van der Waals surface area (Å²) in [6.07, 6.45) is 6.12. The van der Waals surface area contributed by atoms with Gasteiger partial charge in [0.1, 0.15) is 12.1 Å². The number of amides is 1. The molecule has 8 heteroatoms. The minimum atomic E-state index is -0.621. The number of esters is 2. The Balaban J connectivity index is 1.40. The van der Waals surface area contributed by atoms with Crippen molar-refractivity contribution in [2.75, 3.05) is 31.7 Å². The largest absolute Gasteiger partial charge is 0.467 e. The van der Waals surface area contributed by atoms with Gasteiger partial charge in [0.05, 0.1) is 19.8 Å². The number of fused-ring (bicyclic) bond motifs is 1. The lowest BCUT2D eigenvalue weighted by Crippen LogP contribution is -2.55. The summed E-state index contributed by atoms with van der Waals surface area (Å²) < 4.78 is 10.3. The van der Waals surface area contributed by atoms with Crippen LogP contribution in [0.4, 0.5) is 5.69 Å². The van der Waals surface area contributed by atoms with Crippen LogP contribution >= 0.6 is 0 Å². The van der Waals surface area contributed by atoms with Gasteiger partial charge >= 0.3 is 11.9 Å². The van der Waals surface area contributed by atoms with E-state index in [4.69, 9.17) is 9.47 Å². The fourth-order valence-electron chi connectivity index (χ4n) is 5.82. The van der Waals surface area contributed by atoms with Crippen molar-refractivity contribution in [2.45, 2.75) is 83.0 Å². The van der Waals surface area contributed by atoms with Gasteiger partial charge in [-0.2, -0.15) is 0 Å². The maximum Gasteiger partial charge on any atom is 0.328 e. The molecule has 0 radical (unpaired) electrons. The summed E-state index contributed by atoms with van der Waals surface area (Å²) in [6, 6.07) is 6.77. The highest BCUT2D eigenvalue weighted by Gasteiger charge is 2.50. The summed E-state index contributed by atoms with van der Waals surface area (Å²) in [5, 5.41) is 3.23. The highest BCUT2D eigenvalue weighted by Crippen LogP contribution is 2.41. The first-order chi connectivity index (χ1) is 16.9. The number of nitrogens with one attached hydrogen (secondary N) is 1. The zero-order valence-corrected chi connectivity index (χ0v) is 21.2. The van der Waals surface area contributed by atoms with Gasteiger partial charge in [0.2, 0.25) is 5.91 Å². The van der Waals surface area contributed by atoms with E-state index >= 15 is 0 Å². The minimum absolute atomic E-state index is 0.0711. The van der Waals surface area contributed by atoms with Crippen molar-refractivity contribution < 1.29 is 23.9 Å². The van der Waals surface area contributed by atoms with Crippen LogP contribution in [-0.4, -0.2) is 73.7 Å². The lowest BCUT2D eigenvalue weighted by atomic mass is 10.0. The monoisotopic (exact) mass is 485 g/mol. The summed E-state index contributed by atoms with van der Waals surface area (Å²) in [6.45, 7) is 6.05. The maximum atomic E-state index is 13.5. The average molecular weight is 486 g/mol. The molecule has 1 N–H and O–H groups in total. The predicted molar refractivity (Wildman–Crippen MR) is 133 cm³/mol. The standard InChI is InChI=1S/C27H39N3O5/c1-4-35-26(32)22(14-11-19-9-12-21(13-10-19)29-15-6-16-29)28-18(2)25(31)30-23-8-5-7-20(23)17-24(30)27(33)34-3/h9-10,12-13,18,20,22-24,28H,4-8,11,14-17H2,1-3H3/t18-,20-,22-,23-,24-/m0/s1. The van der Waals surface area contributed by atoms with E-state index in [9.17, 15) is 14.4 Å². The molecule has 0 bridgehead atoms. The number of aryl methyl sites for hydroxylation is 1. The average Bonchev–Trinajstić information content (AvgIpc) is 3.42. The van der Waals surface area contributed by atoms with E-state index in [1.807, 2.05) is 0 Å². The Bertz CT molecular complexity index is 901. The molecule has 1 aromatic carbocycles. The van der Waals surface area contributed by atoms with Crippen LogP contribution in [0.2, 0.25) is 0 Å². The third-order valence-electron chi connectivity index (χ3n) is 7.84. The second-order valence-corrected chi connectivity index (χ2v) is 10.0. The molecule has 0 aromatic heterocycles. The van der Waals surface area contributed by atoms with Gasteiger partial charge in [0.25, 0.3) is 0 Å². The van der Waals surface area contributed by atoms with Crippen molar-refractivity contribution in [1.82, 2.24) is 10.2 Å². The van der Waals surface area contributed by atoms with Crippen molar-refractivity contribution >= 4 is 23.5 Å². The normalized spacial score (nSPS) is 24.9. The van der Waals surface area contributed by atoms with Crippen molar-refractivity contribution in [3.05, 3.63) is 29.8 Å². The van der Waals surface area contributed by atoms with E-state index in [0.717, 1.165) is 37.9 Å². The van der Waals surface area contributed by atoms with Crippen molar-refractivity contribution in [3.63, 3.8) is 0 Å². The highest BCUT2D eigenvalue weighted by molar-refractivity contribution is 5.89. The van der Waals surface area contributed by atoms with Crippen LogP contribution in [-0.2, 0) is 30.3 Å². The third-order valence-corrected chi connectivity index (χ3v) is 7.84. The molecule has 192 valence electrons. The Labute approximate surface area is 208 Å². The first-order valence-electron chi connectivity index (χ1n) is 13.1. The van der Waals surface area contributed by atoms with Gasteiger partial charge in [-0.05, 0) is 76.0 Å². The topological polar surface area (TPSA) is 88.2 Å². The summed E-state index contributed by atoms with van der Waals surface area (Å²) in [5.41, 5.74) is 2.37. The number of hydrogen-bond donors (Lipinski definition) is 1. The van der Waals surface area contributed by atoms with Gasteiger partial charge in [0.15, 0.2) is 0 Å². The Morgan fingerprint density at radius 1 is 1.11 bits per heavy atom. The summed E-state index contributed by atoms with van der Waals surface area (Å²) in [5.74, 6) is -0.518. The van der Waals surface area contributed by atoms with Crippen LogP contribution in [0.25, 0.3) is 0 Å². The smallest absolute Gasteiger partial charge is 0.328 e. The zero-order chi connectivity index (χ0) is 24.9. The highest BCUT2D eigenvalue weighted by atomic mass is 16.5. The lowest BCUT2D eigenvalue weighted by molar-refractivity contribution is -0.153. The molecule has 8 nitrogen and oxygen atoms in total. The molecule has 1 aliphatic carbocycles. The van der Waals surface area contributed by atoms with E-state index in [1.54, 1.807) is 18.7 Å². The van der Waals surface area contributed by atoms with Crippen LogP contribution in [0.3, 0.4) is 0 Å². The van der Waals surface area contributed by atoms with E-state index in [-0.39, 0.29) is 30.5 Å². The number of methoxy groups -OCH3 is 1. The SMILES string of the molecule is CCOC(=O)[C@H](CCc1ccc(N2CCC2)cc1)N[C@@H](C)C(=O)N1[C@H](C(=O)OC)C[C@@H]2CCC[C@@H]21. The molecule has 0 spiro atoms. The van der Waals surface area contributed by atoms with E-state index in [2.05, 4.69) is 34.5 Å². The molecule has 1 amide bonds. The number of carbonyl (C=O) groups excluding carboxylic acids is 3. The van der Waals surface area contributed by atoms with Gasteiger partial charge in [-0.25, -0.2) is 4.79 Å². The van der Waals surface area contributed by atoms with Crippen LogP contribution in [0.5, 0.6) is 0 Å². The van der Waals surface area contributed by atoms with Crippen LogP contribution < -0.4 is 10.2 Å². The molecular formula is C27H39N3O5. The van der Waals surface area contributed by atoms with Gasteiger partial charge in [0, 0.05) is 24.8 Å². The number of anilines is 1. The molecule has 2 heterocycles. The number of rotatable bonds is 10. The van der Waals surface area contributed by atoms with Gasteiger partial charge in [-0.1, -0.05) is 18.6 Å². The number of benzene rings is 1. The number of ether oxygens (including phenoxy) is 2. The van der Waals surface area contributed by atoms with E-state index < -0.39 is 18.1 Å². The third kappa shape index (κ3) is 5.63. The molecule has 35 heavy (non-hydrogen) atoms. The molecule has 2 aliphatic heterocycles. The van der Waals surface area contributed by atoms with E-state index in [1.165, 1.54) is 19.2 Å². The van der Waals surface area contributed by atoms with Gasteiger partial charge in [-0.15, -0.1) is 0 Å². The number of hydrogen-bond acceptors (Lipinski definition) is 7. The number of carbonyl (C=O) groups is 3. The molecule has 0 unspecified atom stereocenters. The molecular weight excluding hydrogens is 446 g/mol. The van der Waals surface area contributed by atoms with Crippen LogP contribution in [0.15, 0.2) is 24.3 Å². The predicted octanol–water partition coefficient (Wildman–Crippen LogP) is 2.68. The molecule has 3 fully saturated rings. The molecule has 3 aliphatic rings. The van der Waals surface area contributed by atoms with Crippen LogP contribution in [0.1, 0.15) is 57.9 Å². The Hall–Kier alpha value is -2.61. The van der Waals surface area contributed by atoms with Crippen molar-refractivity contribution in [3.8, 4) is 0 Å². The molecule has 2 saturated heterocycles. The molecule has 4 rings (SSSR count). The zero-order valence-electron chi connectivity index (χ0n) is 21.2. The fourth-order valence-corrected chi connectivity index (χ4v) is 5.82. The van der Waals surface area contributed by atoms with Gasteiger partial charge < -0.3 is 19.3 Å². The Kier molecular flexibility index (Phi) is 8.31. The summed E-state index contributed by atoms with van der Waals surface area (Å²) in [4.78, 5) is 42.8. The minimum Gasteiger partial charge on any atom is -0.467 e. The molecule has 1 aromatic rings. The first kappa shape index (κ1) is 25.5. The molecule has 5 atom stereocenters. The van der Waals surface area contributed by atoms with Crippen LogP contribution in [0, 0.1) is 5.92 Å². The number of nitrogens with zero attached hydrogens (tertiary/aromatic N) is 2. The summed E-state index contributed by atoms with van der Waals surface area (Å²) in [7, 11) is 1.37.